The van der Waals surface area contributed by atoms with Crippen molar-refractivity contribution in [2.45, 2.75) is 19.8 Å². The highest BCUT2D eigenvalue weighted by Gasteiger charge is 2.18. The maximum atomic E-state index is 5.22. The molecule has 5 heteroatoms. The second-order valence-electron chi connectivity index (χ2n) is 4.07. The third-order valence-electron chi connectivity index (χ3n) is 2.90. The summed E-state index contributed by atoms with van der Waals surface area (Å²) in [5.41, 5.74) is 0. The van der Waals surface area contributed by atoms with Crippen LogP contribution < -0.4 is 10.2 Å². The molecule has 1 atom stereocenters. The molecule has 1 saturated heterocycles. The Bertz CT molecular complexity index is 306. The van der Waals surface area contributed by atoms with Crippen LogP contribution in [-0.2, 0) is 6.42 Å². The van der Waals surface area contributed by atoms with E-state index in [0.29, 0.717) is 11.9 Å². The fourth-order valence-electron chi connectivity index (χ4n) is 1.76. The monoisotopic (exact) mass is 210 g/mol. The number of nitrogens with zero attached hydrogens (tertiary/aromatic N) is 3. The average Bonchev–Trinajstić information content (AvgIpc) is 2.88. The second-order valence-corrected chi connectivity index (χ2v) is 4.07. The minimum Gasteiger partial charge on any atom is -0.342 e. The first-order valence-electron chi connectivity index (χ1n) is 5.54. The lowest BCUT2D eigenvalue weighted by Gasteiger charge is -2.08. The molecule has 1 unspecified atom stereocenters. The molecule has 1 aliphatic heterocycles. The summed E-state index contributed by atoms with van der Waals surface area (Å²) >= 11 is 0. The Hall–Kier alpha value is -1.10. The third-order valence-corrected chi connectivity index (χ3v) is 2.90. The van der Waals surface area contributed by atoms with Crippen LogP contribution in [0.5, 0.6) is 0 Å². The van der Waals surface area contributed by atoms with E-state index in [4.69, 9.17) is 4.52 Å². The smallest absolute Gasteiger partial charge is 0.265 e. The van der Waals surface area contributed by atoms with E-state index in [9.17, 15) is 0 Å². The molecule has 1 aromatic rings. The van der Waals surface area contributed by atoms with Gasteiger partial charge in [-0.15, -0.1) is 0 Å². The number of anilines is 1. The minimum absolute atomic E-state index is 0.658. The van der Waals surface area contributed by atoms with Gasteiger partial charge in [0.2, 0.25) is 5.89 Å². The zero-order valence-electron chi connectivity index (χ0n) is 9.36. The molecule has 0 aromatic carbocycles. The Morgan fingerprint density at radius 3 is 3.13 bits per heavy atom. The van der Waals surface area contributed by atoms with Crippen LogP contribution in [0.4, 0.5) is 5.95 Å². The van der Waals surface area contributed by atoms with Crippen molar-refractivity contribution in [2.75, 3.05) is 31.6 Å². The van der Waals surface area contributed by atoms with Crippen molar-refractivity contribution in [3.05, 3.63) is 5.89 Å². The molecule has 2 heterocycles. The largest absolute Gasteiger partial charge is 0.342 e. The van der Waals surface area contributed by atoms with Crippen molar-refractivity contribution in [3.63, 3.8) is 0 Å². The number of hydrogen-bond donors (Lipinski definition) is 1. The van der Waals surface area contributed by atoms with Crippen LogP contribution in [0.3, 0.4) is 0 Å². The highest BCUT2D eigenvalue weighted by molar-refractivity contribution is 5.25. The summed E-state index contributed by atoms with van der Waals surface area (Å²) in [5.74, 6) is 2.11. The molecule has 0 radical (unpaired) electrons. The van der Waals surface area contributed by atoms with Crippen LogP contribution in [0.1, 0.15) is 19.2 Å². The highest BCUT2D eigenvalue weighted by Crippen LogP contribution is 2.15. The Kier molecular flexibility index (Phi) is 3.20. The van der Waals surface area contributed by atoms with Crippen molar-refractivity contribution in [2.24, 2.45) is 5.92 Å². The van der Waals surface area contributed by atoms with E-state index in [-0.39, 0.29) is 0 Å². The fraction of sp³-hybridized carbons (Fsp3) is 0.800. The van der Waals surface area contributed by atoms with Crippen molar-refractivity contribution in [3.8, 4) is 0 Å². The van der Waals surface area contributed by atoms with Gasteiger partial charge in [-0.1, -0.05) is 0 Å². The quantitative estimate of drug-likeness (QED) is 0.792. The first kappa shape index (κ1) is 10.4. The van der Waals surface area contributed by atoms with Crippen molar-refractivity contribution in [1.82, 2.24) is 15.5 Å². The molecule has 1 aliphatic rings. The molecule has 2 rings (SSSR count). The van der Waals surface area contributed by atoms with E-state index < -0.39 is 0 Å². The molecule has 5 nitrogen and oxygen atoms in total. The molecule has 0 bridgehead atoms. The Morgan fingerprint density at radius 1 is 1.60 bits per heavy atom. The summed E-state index contributed by atoms with van der Waals surface area (Å²) in [7, 11) is 1.96. The van der Waals surface area contributed by atoms with Crippen LogP contribution in [0.15, 0.2) is 4.52 Å². The molecule has 15 heavy (non-hydrogen) atoms. The Morgan fingerprint density at radius 2 is 2.47 bits per heavy atom. The van der Waals surface area contributed by atoms with Gasteiger partial charge in [0.15, 0.2) is 0 Å². The lowest BCUT2D eigenvalue weighted by atomic mass is 10.1. The van der Waals surface area contributed by atoms with Crippen LogP contribution in [0.2, 0.25) is 0 Å². The SMILES string of the molecule is CCN(C)c1noc(CC2CCNC2)n1. The highest BCUT2D eigenvalue weighted by atomic mass is 16.5. The molecule has 0 aliphatic carbocycles. The van der Waals surface area contributed by atoms with Crippen LogP contribution in [-0.4, -0.2) is 36.8 Å². The van der Waals surface area contributed by atoms with Crippen molar-refractivity contribution >= 4 is 5.95 Å². The molecular weight excluding hydrogens is 192 g/mol. The van der Waals surface area contributed by atoms with Gasteiger partial charge < -0.3 is 14.7 Å². The van der Waals surface area contributed by atoms with Gasteiger partial charge in [0.25, 0.3) is 5.95 Å². The summed E-state index contributed by atoms with van der Waals surface area (Å²) in [6, 6.07) is 0. The van der Waals surface area contributed by atoms with Crippen LogP contribution in [0, 0.1) is 5.92 Å². The molecular formula is C10H18N4O. The van der Waals surface area contributed by atoms with E-state index in [1.165, 1.54) is 6.42 Å². The average molecular weight is 210 g/mol. The maximum Gasteiger partial charge on any atom is 0.265 e. The summed E-state index contributed by atoms with van der Waals surface area (Å²) < 4.78 is 5.22. The lowest BCUT2D eigenvalue weighted by molar-refractivity contribution is 0.357. The number of rotatable bonds is 4. The van der Waals surface area contributed by atoms with E-state index in [0.717, 1.165) is 31.9 Å². The Labute approximate surface area is 89.8 Å². The third kappa shape index (κ3) is 2.47. The van der Waals surface area contributed by atoms with Crippen LogP contribution >= 0.6 is 0 Å². The zero-order chi connectivity index (χ0) is 10.7. The topological polar surface area (TPSA) is 54.2 Å². The number of nitrogens with one attached hydrogen (secondary N) is 1. The van der Waals surface area contributed by atoms with Crippen LogP contribution in [0.25, 0.3) is 0 Å². The van der Waals surface area contributed by atoms with Gasteiger partial charge in [-0.25, -0.2) is 0 Å². The van der Waals surface area contributed by atoms with Gasteiger partial charge in [0.05, 0.1) is 0 Å². The van der Waals surface area contributed by atoms with E-state index in [1.807, 2.05) is 11.9 Å². The van der Waals surface area contributed by atoms with Crippen molar-refractivity contribution in [1.29, 1.82) is 0 Å². The predicted octanol–water partition coefficient (Wildman–Crippen LogP) is 0.678. The molecule has 0 amide bonds. The van der Waals surface area contributed by atoms with Gasteiger partial charge in [0, 0.05) is 20.0 Å². The van der Waals surface area contributed by atoms with Gasteiger partial charge in [-0.2, -0.15) is 4.98 Å². The summed E-state index contributed by atoms with van der Waals surface area (Å²) in [6.07, 6.45) is 2.11. The minimum atomic E-state index is 0.658. The molecule has 1 N–H and O–H groups in total. The van der Waals surface area contributed by atoms with Gasteiger partial charge >= 0.3 is 0 Å². The van der Waals surface area contributed by atoms with Crippen molar-refractivity contribution < 1.29 is 4.52 Å². The molecule has 1 fully saturated rings. The lowest BCUT2D eigenvalue weighted by Crippen LogP contribution is -2.17. The summed E-state index contributed by atoms with van der Waals surface area (Å²) in [6.45, 7) is 5.14. The van der Waals surface area contributed by atoms with Gasteiger partial charge in [0.1, 0.15) is 0 Å². The normalized spacial score (nSPS) is 20.8. The standard InChI is InChI=1S/C10H18N4O/c1-3-14(2)10-12-9(15-13-10)6-8-4-5-11-7-8/h8,11H,3-7H2,1-2H3. The first-order chi connectivity index (χ1) is 7.29. The first-order valence-corrected chi connectivity index (χ1v) is 5.54. The molecule has 1 aromatic heterocycles. The molecule has 0 saturated carbocycles. The van der Waals surface area contributed by atoms with E-state index >= 15 is 0 Å². The van der Waals surface area contributed by atoms with E-state index in [1.54, 1.807) is 0 Å². The van der Waals surface area contributed by atoms with Gasteiger partial charge in [-0.3, -0.25) is 0 Å². The Balaban J connectivity index is 1.94. The number of aromatic nitrogens is 2. The maximum absolute atomic E-state index is 5.22. The molecule has 0 spiro atoms. The summed E-state index contributed by atoms with van der Waals surface area (Å²) in [5, 5.41) is 7.28. The predicted molar refractivity (Wildman–Crippen MR) is 57.9 cm³/mol. The summed E-state index contributed by atoms with van der Waals surface area (Å²) in [4.78, 5) is 6.34. The fourth-order valence-corrected chi connectivity index (χ4v) is 1.76. The number of hydrogen-bond acceptors (Lipinski definition) is 5. The zero-order valence-corrected chi connectivity index (χ0v) is 9.36. The van der Waals surface area contributed by atoms with Gasteiger partial charge in [-0.05, 0) is 37.5 Å². The second kappa shape index (κ2) is 4.61. The molecule has 84 valence electrons. The van der Waals surface area contributed by atoms with E-state index in [2.05, 4.69) is 22.4 Å².